The van der Waals surface area contributed by atoms with Gasteiger partial charge in [-0.05, 0) is 43.7 Å². The van der Waals surface area contributed by atoms with Crippen molar-refractivity contribution in [2.24, 2.45) is 0 Å². The SMILES string of the molecule is CC(C)c1cc(C(=O)N2CCCCC2CCn2cccn2)nc(N)n1. The van der Waals surface area contributed by atoms with Gasteiger partial charge in [0, 0.05) is 37.2 Å². The fourth-order valence-corrected chi connectivity index (χ4v) is 3.32. The number of nitrogens with zero attached hydrogens (tertiary/aromatic N) is 5. The maximum atomic E-state index is 13.1. The summed E-state index contributed by atoms with van der Waals surface area (Å²) in [5.74, 6) is 0.328. The first-order valence-corrected chi connectivity index (χ1v) is 8.97. The number of likely N-dealkylation sites (tertiary alicyclic amines) is 1. The van der Waals surface area contributed by atoms with E-state index in [2.05, 4.69) is 15.1 Å². The van der Waals surface area contributed by atoms with Crippen LogP contribution in [-0.4, -0.2) is 43.1 Å². The van der Waals surface area contributed by atoms with E-state index < -0.39 is 0 Å². The van der Waals surface area contributed by atoms with Crippen LogP contribution in [-0.2, 0) is 6.54 Å². The molecule has 1 saturated heterocycles. The number of nitrogen functional groups attached to an aromatic ring is 1. The number of nitrogens with two attached hydrogens (primary N) is 1. The van der Waals surface area contributed by atoms with Crippen LogP contribution < -0.4 is 5.73 Å². The third kappa shape index (κ3) is 4.15. The molecule has 1 amide bonds. The van der Waals surface area contributed by atoms with Crippen molar-refractivity contribution >= 4 is 11.9 Å². The van der Waals surface area contributed by atoms with E-state index in [9.17, 15) is 4.79 Å². The molecule has 0 aromatic carbocycles. The smallest absolute Gasteiger partial charge is 0.272 e. The van der Waals surface area contributed by atoms with E-state index >= 15 is 0 Å². The molecule has 0 radical (unpaired) electrons. The molecule has 7 nitrogen and oxygen atoms in total. The van der Waals surface area contributed by atoms with Crippen molar-refractivity contribution < 1.29 is 4.79 Å². The molecule has 1 atom stereocenters. The molecular formula is C18H26N6O. The zero-order valence-corrected chi connectivity index (χ0v) is 14.9. The van der Waals surface area contributed by atoms with E-state index in [1.54, 1.807) is 12.3 Å². The van der Waals surface area contributed by atoms with Crippen LogP contribution in [0.25, 0.3) is 0 Å². The van der Waals surface area contributed by atoms with Gasteiger partial charge in [0.2, 0.25) is 5.95 Å². The molecule has 1 aliphatic heterocycles. The van der Waals surface area contributed by atoms with Crippen molar-refractivity contribution in [1.29, 1.82) is 0 Å². The van der Waals surface area contributed by atoms with Crippen LogP contribution >= 0.6 is 0 Å². The summed E-state index contributed by atoms with van der Waals surface area (Å²) in [4.78, 5) is 23.4. The molecule has 25 heavy (non-hydrogen) atoms. The average Bonchev–Trinajstić information content (AvgIpc) is 3.12. The number of carbonyl (C=O) groups excluding carboxylic acids is 1. The summed E-state index contributed by atoms with van der Waals surface area (Å²) in [5, 5.41) is 4.25. The lowest BCUT2D eigenvalue weighted by Gasteiger charge is -2.35. The van der Waals surface area contributed by atoms with Crippen LogP contribution in [0.15, 0.2) is 24.5 Å². The maximum absolute atomic E-state index is 13.1. The summed E-state index contributed by atoms with van der Waals surface area (Å²) in [6.07, 6.45) is 7.82. The number of aromatic nitrogens is 4. The maximum Gasteiger partial charge on any atom is 0.272 e. The Bertz CT molecular complexity index is 712. The summed E-state index contributed by atoms with van der Waals surface area (Å²) >= 11 is 0. The number of anilines is 1. The van der Waals surface area contributed by atoms with Gasteiger partial charge in [-0.2, -0.15) is 5.10 Å². The number of amides is 1. The predicted molar refractivity (Wildman–Crippen MR) is 96.1 cm³/mol. The van der Waals surface area contributed by atoms with Crippen LogP contribution in [0.5, 0.6) is 0 Å². The first-order valence-electron chi connectivity index (χ1n) is 8.97. The summed E-state index contributed by atoms with van der Waals surface area (Å²) in [5.41, 5.74) is 7.03. The Morgan fingerprint density at radius 1 is 1.36 bits per heavy atom. The van der Waals surface area contributed by atoms with Gasteiger partial charge in [-0.1, -0.05) is 13.8 Å². The molecule has 0 spiro atoms. The summed E-state index contributed by atoms with van der Waals surface area (Å²) in [6, 6.07) is 3.91. The average molecular weight is 342 g/mol. The normalized spacial score (nSPS) is 17.9. The Kier molecular flexibility index (Phi) is 5.31. The van der Waals surface area contributed by atoms with Crippen LogP contribution in [0.1, 0.15) is 61.6 Å². The van der Waals surface area contributed by atoms with Gasteiger partial charge in [0.05, 0.1) is 0 Å². The van der Waals surface area contributed by atoms with Gasteiger partial charge < -0.3 is 10.6 Å². The summed E-state index contributed by atoms with van der Waals surface area (Å²) < 4.78 is 1.91. The van der Waals surface area contributed by atoms with Gasteiger partial charge in [0.15, 0.2) is 0 Å². The number of carbonyl (C=O) groups is 1. The molecule has 2 aromatic rings. The molecule has 2 N–H and O–H groups in total. The second-order valence-electron chi connectivity index (χ2n) is 6.90. The first kappa shape index (κ1) is 17.4. The highest BCUT2D eigenvalue weighted by Gasteiger charge is 2.28. The van der Waals surface area contributed by atoms with Crippen molar-refractivity contribution in [2.45, 2.75) is 58.0 Å². The van der Waals surface area contributed by atoms with Gasteiger partial charge in [-0.3, -0.25) is 9.48 Å². The highest BCUT2D eigenvalue weighted by Crippen LogP contribution is 2.23. The molecule has 0 aliphatic carbocycles. The van der Waals surface area contributed by atoms with Gasteiger partial charge in [0.25, 0.3) is 5.91 Å². The fourth-order valence-electron chi connectivity index (χ4n) is 3.32. The van der Waals surface area contributed by atoms with Crippen LogP contribution in [0.3, 0.4) is 0 Å². The Hall–Kier alpha value is -2.44. The lowest BCUT2D eigenvalue weighted by Crippen LogP contribution is -2.44. The number of hydrogen-bond donors (Lipinski definition) is 1. The van der Waals surface area contributed by atoms with Crippen molar-refractivity contribution in [3.8, 4) is 0 Å². The topological polar surface area (TPSA) is 89.9 Å². The molecule has 1 unspecified atom stereocenters. The van der Waals surface area contributed by atoms with E-state index in [0.717, 1.165) is 44.5 Å². The molecule has 0 bridgehead atoms. The molecule has 3 rings (SSSR count). The van der Waals surface area contributed by atoms with Crippen molar-refractivity contribution in [3.63, 3.8) is 0 Å². The standard InChI is InChI=1S/C18H26N6O/c1-13(2)15-12-16(22-18(19)21-15)17(25)24-10-4-3-6-14(24)7-11-23-9-5-8-20-23/h5,8-9,12-14H,3-4,6-7,10-11H2,1-2H3,(H2,19,21,22). The number of aryl methyl sites for hydroxylation is 1. The van der Waals surface area contributed by atoms with E-state index in [-0.39, 0.29) is 23.8 Å². The number of piperidine rings is 1. The quantitative estimate of drug-likeness (QED) is 0.901. The van der Waals surface area contributed by atoms with Crippen molar-refractivity contribution in [3.05, 3.63) is 35.9 Å². The van der Waals surface area contributed by atoms with Gasteiger partial charge in [0.1, 0.15) is 5.69 Å². The summed E-state index contributed by atoms with van der Waals surface area (Å²) in [6.45, 7) is 5.64. The Balaban J connectivity index is 1.76. The minimum absolute atomic E-state index is 0.0406. The van der Waals surface area contributed by atoms with E-state index in [1.807, 2.05) is 35.7 Å². The molecule has 2 aromatic heterocycles. The molecule has 1 aliphatic rings. The predicted octanol–water partition coefficient (Wildman–Crippen LogP) is 2.46. The molecule has 3 heterocycles. The fraction of sp³-hybridized carbons (Fsp3) is 0.556. The van der Waals surface area contributed by atoms with Crippen molar-refractivity contribution in [2.75, 3.05) is 12.3 Å². The Labute approximate surface area is 148 Å². The van der Waals surface area contributed by atoms with E-state index in [4.69, 9.17) is 5.73 Å². The molecular weight excluding hydrogens is 316 g/mol. The Morgan fingerprint density at radius 2 is 2.20 bits per heavy atom. The molecule has 1 fully saturated rings. The second-order valence-corrected chi connectivity index (χ2v) is 6.90. The lowest BCUT2D eigenvalue weighted by molar-refractivity contribution is 0.0587. The molecule has 7 heteroatoms. The largest absolute Gasteiger partial charge is 0.368 e. The zero-order chi connectivity index (χ0) is 17.8. The minimum atomic E-state index is -0.0406. The highest BCUT2D eigenvalue weighted by molar-refractivity contribution is 5.93. The van der Waals surface area contributed by atoms with Gasteiger partial charge in [-0.25, -0.2) is 9.97 Å². The molecule has 0 saturated carbocycles. The number of hydrogen-bond acceptors (Lipinski definition) is 5. The summed E-state index contributed by atoms with van der Waals surface area (Å²) in [7, 11) is 0. The first-order chi connectivity index (χ1) is 12.0. The van der Waals surface area contributed by atoms with Crippen LogP contribution in [0, 0.1) is 0 Å². The monoisotopic (exact) mass is 342 g/mol. The van der Waals surface area contributed by atoms with Crippen LogP contribution in [0.2, 0.25) is 0 Å². The Morgan fingerprint density at radius 3 is 2.92 bits per heavy atom. The second kappa shape index (κ2) is 7.63. The zero-order valence-electron chi connectivity index (χ0n) is 14.9. The third-order valence-corrected chi connectivity index (χ3v) is 4.71. The van der Waals surface area contributed by atoms with E-state index in [1.165, 1.54) is 0 Å². The minimum Gasteiger partial charge on any atom is -0.368 e. The third-order valence-electron chi connectivity index (χ3n) is 4.71. The van der Waals surface area contributed by atoms with Gasteiger partial charge >= 0.3 is 0 Å². The van der Waals surface area contributed by atoms with Gasteiger partial charge in [-0.15, -0.1) is 0 Å². The van der Waals surface area contributed by atoms with Crippen LogP contribution in [0.4, 0.5) is 5.95 Å². The molecule has 134 valence electrons. The van der Waals surface area contributed by atoms with Crippen molar-refractivity contribution in [1.82, 2.24) is 24.6 Å². The number of rotatable bonds is 5. The lowest BCUT2D eigenvalue weighted by atomic mass is 9.98. The van der Waals surface area contributed by atoms with E-state index in [0.29, 0.717) is 5.69 Å². The highest BCUT2D eigenvalue weighted by atomic mass is 16.2.